The molecule has 1 aliphatic heterocycles. The molecule has 1 saturated carbocycles. The molecule has 0 aromatic heterocycles. The van der Waals surface area contributed by atoms with Crippen molar-refractivity contribution in [2.75, 3.05) is 26.7 Å². The number of nitrogens with zero attached hydrogens (tertiary/aromatic N) is 1. The lowest BCUT2D eigenvalue weighted by Gasteiger charge is -2.38. The minimum atomic E-state index is 0.163. The van der Waals surface area contributed by atoms with E-state index in [9.17, 15) is 4.79 Å². The second kappa shape index (κ2) is 8.71. The van der Waals surface area contributed by atoms with Gasteiger partial charge in [0.15, 0.2) is 0 Å². The van der Waals surface area contributed by atoms with E-state index in [4.69, 9.17) is 10.5 Å². The van der Waals surface area contributed by atoms with Crippen LogP contribution in [0.1, 0.15) is 51.4 Å². The Hall–Kier alpha value is -0.650. The fourth-order valence-electron chi connectivity index (χ4n) is 3.61. The van der Waals surface area contributed by atoms with Gasteiger partial charge in [0.1, 0.15) is 0 Å². The molecule has 2 atom stereocenters. The first-order valence-corrected chi connectivity index (χ1v) is 8.49. The molecule has 5 nitrogen and oxygen atoms in total. The Morgan fingerprint density at radius 2 is 1.95 bits per heavy atom. The summed E-state index contributed by atoms with van der Waals surface area (Å²) in [6.45, 7) is 1.98. The molecule has 0 aromatic carbocycles. The number of nitrogens with two attached hydrogens (primary N) is 1. The molecule has 0 aromatic rings. The summed E-state index contributed by atoms with van der Waals surface area (Å²) in [6, 6.07) is 0.649. The van der Waals surface area contributed by atoms with Crippen molar-refractivity contribution in [3.63, 3.8) is 0 Å². The summed E-state index contributed by atoms with van der Waals surface area (Å²) in [5, 5.41) is 3.22. The fourth-order valence-corrected chi connectivity index (χ4v) is 3.61. The van der Waals surface area contributed by atoms with Gasteiger partial charge in [-0.15, -0.1) is 0 Å². The van der Waals surface area contributed by atoms with Gasteiger partial charge in [0, 0.05) is 32.3 Å². The predicted molar refractivity (Wildman–Crippen MR) is 84.1 cm³/mol. The maximum atomic E-state index is 12.3. The zero-order chi connectivity index (χ0) is 15.1. The summed E-state index contributed by atoms with van der Waals surface area (Å²) in [5.41, 5.74) is 5.86. The number of methoxy groups -OCH3 is 1. The van der Waals surface area contributed by atoms with E-state index in [-0.39, 0.29) is 11.9 Å². The zero-order valence-electron chi connectivity index (χ0n) is 13.4. The van der Waals surface area contributed by atoms with Crippen LogP contribution in [0.3, 0.4) is 0 Å². The number of amides is 1. The Kier molecular flexibility index (Phi) is 6.93. The maximum Gasteiger partial charge on any atom is 0.234 e. The number of ether oxygens (including phenoxy) is 1. The van der Waals surface area contributed by atoms with Gasteiger partial charge in [-0.05, 0) is 25.7 Å². The molecule has 122 valence electrons. The molecule has 0 bridgehead atoms. The predicted octanol–water partition coefficient (Wildman–Crippen LogP) is 1.26. The molecular formula is C16H31N3O2. The van der Waals surface area contributed by atoms with E-state index in [2.05, 4.69) is 10.2 Å². The minimum Gasteiger partial charge on any atom is -0.381 e. The van der Waals surface area contributed by atoms with Crippen LogP contribution in [-0.4, -0.2) is 55.7 Å². The van der Waals surface area contributed by atoms with Gasteiger partial charge in [0.05, 0.1) is 12.6 Å². The normalized spacial score (nSPS) is 29.0. The Morgan fingerprint density at radius 1 is 1.24 bits per heavy atom. The van der Waals surface area contributed by atoms with Crippen molar-refractivity contribution in [1.29, 1.82) is 0 Å². The first-order chi connectivity index (χ1) is 10.2. The monoisotopic (exact) mass is 297 g/mol. The number of carbonyl (C=O) groups is 1. The zero-order valence-corrected chi connectivity index (χ0v) is 13.4. The summed E-state index contributed by atoms with van der Waals surface area (Å²) < 4.78 is 5.43. The second-order valence-corrected chi connectivity index (χ2v) is 6.50. The minimum absolute atomic E-state index is 0.163. The molecular weight excluding hydrogens is 266 g/mol. The van der Waals surface area contributed by atoms with Crippen molar-refractivity contribution in [2.24, 2.45) is 5.73 Å². The number of piperidine rings is 1. The molecule has 1 aliphatic carbocycles. The molecule has 2 unspecified atom stereocenters. The second-order valence-electron chi connectivity index (χ2n) is 6.50. The number of likely N-dealkylation sites (tertiary alicyclic amines) is 1. The Morgan fingerprint density at radius 3 is 2.57 bits per heavy atom. The SMILES string of the molecule is COC1CCN(CC(=O)NC2CCCCCC2)C(CN)C1. The summed E-state index contributed by atoms with van der Waals surface area (Å²) >= 11 is 0. The molecule has 2 aliphatic rings. The highest BCUT2D eigenvalue weighted by molar-refractivity contribution is 5.78. The number of carbonyl (C=O) groups excluding carboxylic acids is 1. The third-order valence-corrected chi connectivity index (χ3v) is 4.96. The average Bonchev–Trinajstić information content (AvgIpc) is 2.76. The Labute approximate surface area is 128 Å². The largest absolute Gasteiger partial charge is 0.381 e. The number of hydrogen-bond acceptors (Lipinski definition) is 4. The molecule has 3 N–H and O–H groups in total. The van der Waals surface area contributed by atoms with E-state index < -0.39 is 0 Å². The molecule has 21 heavy (non-hydrogen) atoms. The Balaban J connectivity index is 1.78. The standard InChI is InChI=1S/C16H31N3O2/c1-21-15-8-9-19(14(10-15)11-17)12-16(20)18-13-6-4-2-3-5-7-13/h13-15H,2-12,17H2,1H3,(H,18,20). The van der Waals surface area contributed by atoms with Gasteiger partial charge in [0.2, 0.25) is 5.91 Å². The van der Waals surface area contributed by atoms with Crippen LogP contribution in [0.4, 0.5) is 0 Å². The van der Waals surface area contributed by atoms with Crippen molar-refractivity contribution in [1.82, 2.24) is 10.2 Å². The van der Waals surface area contributed by atoms with E-state index in [0.29, 0.717) is 25.2 Å². The quantitative estimate of drug-likeness (QED) is 0.750. The first-order valence-electron chi connectivity index (χ1n) is 8.49. The lowest BCUT2D eigenvalue weighted by atomic mass is 9.99. The third-order valence-electron chi connectivity index (χ3n) is 4.96. The van der Waals surface area contributed by atoms with E-state index >= 15 is 0 Å². The number of rotatable bonds is 5. The number of nitrogens with one attached hydrogen (secondary N) is 1. The topological polar surface area (TPSA) is 67.6 Å². The van der Waals surface area contributed by atoms with E-state index in [0.717, 1.165) is 32.2 Å². The molecule has 0 spiro atoms. The summed E-state index contributed by atoms with van der Waals surface area (Å²) in [4.78, 5) is 14.5. The van der Waals surface area contributed by atoms with Gasteiger partial charge in [-0.1, -0.05) is 25.7 Å². The van der Waals surface area contributed by atoms with Crippen LogP contribution < -0.4 is 11.1 Å². The maximum absolute atomic E-state index is 12.3. The van der Waals surface area contributed by atoms with E-state index in [1.54, 1.807) is 7.11 Å². The van der Waals surface area contributed by atoms with Crippen molar-refractivity contribution in [3.8, 4) is 0 Å². The molecule has 2 fully saturated rings. The summed E-state index contributed by atoms with van der Waals surface area (Å²) in [7, 11) is 1.76. The van der Waals surface area contributed by atoms with Crippen molar-refractivity contribution < 1.29 is 9.53 Å². The van der Waals surface area contributed by atoms with Crippen molar-refractivity contribution in [3.05, 3.63) is 0 Å². The fraction of sp³-hybridized carbons (Fsp3) is 0.938. The molecule has 0 radical (unpaired) electrons. The van der Waals surface area contributed by atoms with Crippen LogP contribution in [0.15, 0.2) is 0 Å². The third kappa shape index (κ3) is 5.24. The van der Waals surface area contributed by atoms with Crippen LogP contribution in [0.2, 0.25) is 0 Å². The van der Waals surface area contributed by atoms with Gasteiger partial charge in [0.25, 0.3) is 0 Å². The lowest BCUT2D eigenvalue weighted by molar-refractivity contribution is -0.124. The highest BCUT2D eigenvalue weighted by atomic mass is 16.5. The molecule has 1 amide bonds. The van der Waals surface area contributed by atoms with Gasteiger partial charge in [-0.3, -0.25) is 9.69 Å². The first kappa shape index (κ1) is 16.7. The Bertz CT molecular complexity index is 317. The lowest BCUT2D eigenvalue weighted by Crippen LogP contribution is -2.52. The molecule has 5 heteroatoms. The van der Waals surface area contributed by atoms with Crippen molar-refractivity contribution in [2.45, 2.75) is 69.6 Å². The highest BCUT2D eigenvalue weighted by Crippen LogP contribution is 2.20. The van der Waals surface area contributed by atoms with Gasteiger partial charge in [-0.2, -0.15) is 0 Å². The highest BCUT2D eigenvalue weighted by Gasteiger charge is 2.29. The van der Waals surface area contributed by atoms with Crippen LogP contribution in [0.5, 0.6) is 0 Å². The van der Waals surface area contributed by atoms with Crippen LogP contribution in [0, 0.1) is 0 Å². The van der Waals surface area contributed by atoms with Crippen LogP contribution in [-0.2, 0) is 9.53 Å². The average molecular weight is 297 g/mol. The van der Waals surface area contributed by atoms with Gasteiger partial charge >= 0.3 is 0 Å². The van der Waals surface area contributed by atoms with Crippen LogP contribution in [0.25, 0.3) is 0 Å². The van der Waals surface area contributed by atoms with E-state index in [1.807, 2.05) is 0 Å². The van der Waals surface area contributed by atoms with Crippen LogP contribution >= 0.6 is 0 Å². The number of hydrogen-bond donors (Lipinski definition) is 2. The van der Waals surface area contributed by atoms with Gasteiger partial charge < -0.3 is 15.8 Å². The van der Waals surface area contributed by atoms with Gasteiger partial charge in [-0.25, -0.2) is 0 Å². The molecule has 1 saturated heterocycles. The molecule has 1 heterocycles. The van der Waals surface area contributed by atoms with Crippen molar-refractivity contribution >= 4 is 5.91 Å². The summed E-state index contributed by atoms with van der Waals surface area (Å²) in [6.07, 6.45) is 9.60. The summed E-state index contributed by atoms with van der Waals surface area (Å²) in [5.74, 6) is 0.163. The smallest absolute Gasteiger partial charge is 0.234 e. The van der Waals surface area contributed by atoms with E-state index in [1.165, 1.54) is 25.7 Å². The molecule has 2 rings (SSSR count).